The number of ether oxygens (including phenoxy) is 1. The molecule has 1 aromatic heterocycles. The first-order valence-electron chi connectivity index (χ1n) is 5.56. The average molecular weight is 327 g/mol. The molecule has 0 aliphatic carbocycles. The smallest absolute Gasteiger partial charge is 0.119 e. The molecule has 0 saturated carbocycles. The van der Waals surface area contributed by atoms with Crippen molar-refractivity contribution < 1.29 is 4.74 Å². The summed E-state index contributed by atoms with van der Waals surface area (Å²) in [5.74, 6) is 6.50. The molecule has 96 valence electrons. The number of halogens is 1. The molecule has 0 radical (unpaired) electrons. The van der Waals surface area contributed by atoms with E-state index in [0.717, 1.165) is 22.2 Å². The number of benzene rings is 1. The Morgan fingerprint density at radius 1 is 1.44 bits per heavy atom. The first-order valence-corrected chi connectivity index (χ1v) is 7.23. The first-order chi connectivity index (χ1) is 8.72. The third-order valence-corrected chi connectivity index (χ3v) is 4.44. The zero-order valence-electron chi connectivity index (χ0n) is 10.0. The summed E-state index contributed by atoms with van der Waals surface area (Å²) in [5.41, 5.74) is 3.99. The third-order valence-electron chi connectivity index (χ3n) is 2.72. The van der Waals surface area contributed by atoms with Gasteiger partial charge in [-0.15, -0.1) is 11.3 Å². The molecule has 0 saturated heterocycles. The van der Waals surface area contributed by atoms with Crippen molar-refractivity contribution in [2.24, 2.45) is 5.84 Å². The van der Waals surface area contributed by atoms with Crippen molar-refractivity contribution in [2.45, 2.75) is 12.5 Å². The van der Waals surface area contributed by atoms with E-state index in [4.69, 9.17) is 10.6 Å². The molecule has 1 atom stereocenters. The highest BCUT2D eigenvalue weighted by Gasteiger charge is 2.12. The Balaban J connectivity index is 2.17. The van der Waals surface area contributed by atoms with E-state index < -0.39 is 0 Å². The van der Waals surface area contributed by atoms with Crippen molar-refractivity contribution in [1.29, 1.82) is 0 Å². The van der Waals surface area contributed by atoms with E-state index >= 15 is 0 Å². The molecule has 2 rings (SSSR count). The summed E-state index contributed by atoms with van der Waals surface area (Å²) >= 11 is 5.19. The lowest BCUT2D eigenvalue weighted by atomic mass is 10.0. The van der Waals surface area contributed by atoms with Crippen LogP contribution >= 0.6 is 27.3 Å². The predicted molar refractivity (Wildman–Crippen MR) is 78.8 cm³/mol. The van der Waals surface area contributed by atoms with Gasteiger partial charge in [0.05, 0.1) is 13.2 Å². The molecule has 0 aliphatic rings. The summed E-state index contributed by atoms with van der Waals surface area (Å²) < 4.78 is 6.35. The standard InChI is InChI=1S/C13H15BrN2OS/c1-17-11-4-2-3-9(5-11)13(16-15)7-12-6-10(14)8-18-12/h2-6,8,13,16H,7,15H2,1H3. The minimum Gasteiger partial charge on any atom is -0.497 e. The maximum Gasteiger partial charge on any atom is 0.119 e. The number of hydrogen-bond acceptors (Lipinski definition) is 4. The molecule has 5 heteroatoms. The Bertz CT molecular complexity index is 515. The molecular formula is C13H15BrN2OS. The molecule has 0 aliphatic heterocycles. The quantitative estimate of drug-likeness (QED) is 0.654. The lowest BCUT2D eigenvalue weighted by molar-refractivity contribution is 0.413. The van der Waals surface area contributed by atoms with Gasteiger partial charge in [-0.1, -0.05) is 12.1 Å². The highest BCUT2D eigenvalue weighted by Crippen LogP contribution is 2.26. The molecular weight excluding hydrogens is 312 g/mol. The van der Waals surface area contributed by atoms with E-state index in [-0.39, 0.29) is 6.04 Å². The highest BCUT2D eigenvalue weighted by atomic mass is 79.9. The predicted octanol–water partition coefficient (Wildman–Crippen LogP) is 3.27. The Morgan fingerprint density at radius 2 is 2.28 bits per heavy atom. The van der Waals surface area contributed by atoms with Gasteiger partial charge in [0.25, 0.3) is 0 Å². The Labute approximate surface area is 119 Å². The molecule has 3 nitrogen and oxygen atoms in total. The van der Waals surface area contributed by atoms with Crippen molar-refractivity contribution in [3.63, 3.8) is 0 Å². The fourth-order valence-corrected chi connectivity index (χ4v) is 3.29. The number of nitrogens with two attached hydrogens (primary N) is 1. The Morgan fingerprint density at radius 3 is 2.89 bits per heavy atom. The van der Waals surface area contributed by atoms with E-state index in [0.29, 0.717) is 0 Å². The second-order valence-corrected chi connectivity index (χ2v) is 5.84. The van der Waals surface area contributed by atoms with E-state index in [1.54, 1.807) is 18.4 Å². The number of methoxy groups -OCH3 is 1. The molecule has 0 fully saturated rings. The topological polar surface area (TPSA) is 47.3 Å². The van der Waals surface area contributed by atoms with Crippen LogP contribution in [-0.4, -0.2) is 7.11 Å². The summed E-state index contributed by atoms with van der Waals surface area (Å²) in [7, 11) is 1.67. The lowest BCUT2D eigenvalue weighted by Crippen LogP contribution is -2.29. The average Bonchev–Trinajstić information content (AvgIpc) is 2.81. The van der Waals surface area contributed by atoms with Gasteiger partial charge in [0.15, 0.2) is 0 Å². The van der Waals surface area contributed by atoms with Gasteiger partial charge in [-0.2, -0.15) is 0 Å². The Kier molecular flexibility index (Phi) is 4.77. The lowest BCUT2D eigenvalue weighted by Gasteiger charge is -2.16. The van der Waals surface area contributed by atoms with Gasteiger partial charge in [-0.3, -0.25) is 11.3 Å². The summed E-state index contributed by atoms with van der Waals surface area (Å²) in [5, 5.41) is 2.08. The van der Waals surface area contributed by atoms with E-state index in [1.807, 2.05) is 18.2 Å². The van der Waals surface area contributed by atoms with Gasteiger partial charge in [-0.05, 0) is 39.7 Å². The molecule has 0 bridgehead atoms. The van der Waals surface area contributed by atoms with Crippen LogP contribution < -0.4 is 16.0 Å². The molecule has 1 unspecified atom stereocenters. The number of rotatable bonds is 5. The van der Waals surface area contributed by atoms with Crippen molar-refractivity contribution in [3.8, 4) is 5.75 Å². The van der Waals surface area contributed by atoms with E-state index in [2.05, 4.69) is 38.9 Å². The number of hydrazine groups is 1. The van der Waals surface area contributed by atoms with Crippen molar-refractivity contribution in [1.82, 2.24) is 5.43 Å². The summed E-state index contributed by atoms with van der Waals surface area (Å²) in [6.07, 6.45) is 0.861. The maximum absolute atomic E-state index is 5.65. The second kappa shape index (κ2) is 6.33. The zero-order valence-corrected chi connectivity index (χ0v) is 12.4. The van der Waals surface area contributed by atoms with Gasteiger partial charge in [0.1, 0.15) is 5.75 Å². The summed E-state index contributed by atoms with van der Waals surface area (Å²) in [6.45, 7) is 0. The van der Waals surface area contributed by atoms with Gasteiger partial charge in [-0.25, -0.2) is 0 Å². The highest BCUT2D eigenvalue weighted by molar-refractivity contribution is 9.10. The minimum atomic E-state index is 0.0886. The van der Waals surface area contributed by atoms with E-state index in [1.165, 1.54) is 4.88 Å². The van der Waals surface area contributed by atoms with Crippen LogP contribution in [0.15, 0.2) is 40.2 Å². The maximum atomic E-state index is 5.65. The van der Waals surface area contributed by atoms with Gasteiger partial charge >= 0.3 is 0 Å². The molecule has 18 heavy (non-hydrogen) atoms. The fraction of sp³-hybridized carbons (Fsp3) is 0.231. The molecule has 2 aromatic rings. The van der Waals surface area contributed by atoms with Crippen LogP contribution in [0.1, 0.15) is 16.5 Å². The molecule has 0 amide bonds. The summed E-state index contributed by atoms with van der Waals surface area (Å²) in [4.78, 5) is 1.28. The van der Waals surface area contributed by atoms with Crippen LogP contribution in [0, 0.1) is 0 Å². The zero-order chi connectivity index (χ0) is 13.0. The second-order valence-electron chi connectivity index (χ2n) is 3.93. The monoisotopic (exact) mass is 326 g/mol. The normalized spacial score (nSPS) is 12.4. The molecule has 1 heterocycles. The fourth-order valence-electron chi connectivity index (χ4n) is 1.79. The minimum absolute atomic E-state index is 0.0886. The number of nitrogens with one attached hydrogen (secondary N) is 1. The van der Waals surface area contributed by atoms with Crippen LogP contribution in [0.2, 0.25) is 0 Å². The van der Waals surface area contributed by atoms with Crippen molar-refractivity contribution >= 4 is 27.3 Å². The van der Waals surface area contributed by atoms with Crippen molar-refractivity contribution in [3.05, 3.63) is 50.6 Å². The van der Waals surface area contributed by atoms with Crippen molar-refractivity contribution in [2.75, 3.05) is 7.11 Å². The van der Waals surface area contributed by atoms with Crippen LogP contribution in [0.3, 0.4) is 0 Å². The van der Waals surface area contributed by atoms with Crippen LogP contribution in [0.4, 0.5) is 0 Å². The van der Waals surface area contributed by atoms with E-state index in [9.17, 15) is 0 Å². The van der Waals surface area contributed by atoms with Crippen LogP contribution in [0.25, 0.3) is 0 Å². The summed E-state index contributed by atoms with van der Waals surface area (Å²) in [6, 6.07) is 10.2. The first kappa shape index (κ1) is 13.5. The SMILES string of the molecule is COc1cccc(C(Cc2cc(Br)cs2)NN)c1. The Hall–Kier alpha value is -0.880. The molecule has 0 spiro atoms. The van der Waals surface area contributed by atoms with Crippen LogP contribution in [-0.2, 0) is 6.42 Å². The number of thiophene rings is 1. The largest absolute Gasteiger partial charge is 0.497 e. The molecule has 1 aromatic carbocycles. The van der Waals surface area contributed by atoms with Gasteiger partial charge < -0.3 is 4.74 Å². The third kappa shape index (κ3) is 3.32. The van der Waals surface area contributed by atoms with Crippen LogP contribution in [0.5, 0.6) is 5.75 Å². The van der Waals surface area contributed by atoms with Gasteiger partial charge in [0, 0.05) is 21.2 Å². The van der Waals surface area contributed by atoms with Gasteiger partial charge in [0.2, 0.25) is 0 Å². The molecule has 3 N–H and O–H groups in total. The number of hydrogen-bond donors (Lipinski definition) is 2.